The van der Waals surface area contributed by atoms with E-state index in [1.807, 2.05) is 6.92 Å². The Morgan fingerprint density at radius 2 is 1.59 bits per heavy atom. The van der Waals surface area contributed by atoms with Crippen molar-refractivity contribution in [3.63, 3.8) is 0 Å². The predicted octanol–water partition coefficient (Wildman–Crippen LogP) is 4.12. The molecule has 0 aliphatic carbocycles. The van der Waals surface area contributed by atoms with E-state index in [0.717, 1.165) is 0 Å². The summed E-state index contributed by atoms with van der Waals surface area (Å²) in [6.45, 7) is 12.8. The Labute approximate surface area is 105 Å². The van der Waals surface area contributed by atoms with Crippen molar-refractivity contribution < 1.29 is 4.79 Å². The van der Waals surface area contributed by atoms with Crippen LogP contribution in [-0.2, 0) is 16.6 Å². The van der Waals surface area contributed by atoms with Crippen molar-refractivity contribution in [2.75, 3.05) is 0 Å². The molecule has 0 radical (unpaired) electrons. The lowest BCUT2D eigenvalue weighted by Gasteiger charge is -2.22. The minimum Gasteiger partial charge on any atom is -0.299 e. The van der Waals surface area contributed by atoms with Gasteiger partial charge in [0.2, 0.25) is 0 Å². The molecule has 1 nitrogen and oxygen atoms in total. The molecule has 1 heteroatoms. The Balaban J connectivity index is 3.15. The summed E-state index contributed by atoms with van der Waals surface area (Å²) in [4.78, 5) is 11.6. The molecule has 1 rings (SSSR count). The molecule has 0 N–H and O–H groups in total. The number of rotatable bonds is 3. The van der Waals surface area contributed by atoms with E-state index in [1.54, 1.807) is 0 Å². The van der Waals surface area contributed by atoms with Gasteiger partial charge in [0.05, 0.1) is 0 Å². The van der Waals surface area contributed by atoms with Gasteiger partial charge in [-0.05, 0) is 41.5 Å². The molecule has 1 aromatic rings. The van der Waals surface area contributed by atoms with Gasteiger partial charge < -0.3 is 0 Å². The number of carbonyl (C=O) groups excluding carboxylic acids is 1. The number of aryl methyl sites for hydroxylation is 2. The third-order valence-electron chi connectivity index (χ3n) is 3.33. The fourth-order valence-corrected chi connectivity index (χ4v) is 2.03. The largest absolute Gasteiger partial charge is 0.299 e. The van der Waals surface area contributed by atoms with Crippen LogP contribution in [0.5, 0.6) is 0 Å². The molecule has 0 aliphatic heterocycles. The molecule has 94 valence electrons. The van der Waals surface area contributed by atoms with Crippen molar-refractivity contribution in [1.29, 1.82) is 0 Å². The molecule has 0 saturated carbocycles. The van der Waals surface area contributed by atoms with E-state index in [0.29, 0.717) is 18.6 Å². The lowest BCUT2D eigenvalue weighted by Crippen LogP contribution is -2.13. The maximum absolute atomic E-state index is 11.6. The molecule has 0 aliphatic rings. The summed E-state index contributed by atoms with van der Waals surface area (Å²) < 4.78 is 0. The Hall–Kier alpha value is -1.11. The van der Waals surface area contributed by atoms with Gasteiger partial charge in [-0.25, -0.2) is 0 Å². The molecule has 0 saturated heterocycles. The van der Waals surface area contributed by atoms with Crippen LogP contribution in [0.1, 0.15) is 56.4 Å². The zero-order valence-electron chi connectivity index (χ0n) is 12.0. The minimum atomic E-state index is 0.169. The van der Waals surface area contributed by atoms with Gasteiger partial charge in [0.25, 0.3) is 0 Å². The molecule has 0 atom stereocenters. The maximum Gasteiger partial charge on any atom is 0.137 e. The van der Waals surface area contributed by atoms with Crippen molar-refractivity contribution in [2.45, 2.75) is 59.8 Å². The Morgan fingerprint density at radius 3 is 1.94 bits per heavy atom. The number of hydrogen-bond donors (Lipinski definition) is 0. The number of hydrogen-bond acceptors (Lipinski definition) is 1. The van der Waals surface area contributed by atoms with Crippen LogP contribution in [0.3, 0.4) is 0 Å². The number of carbonyl (C=O) groups is 1. The standard InChI is InChI=1S/C16H24O/c1-7-14(17)10-15-11(2)8-13(9-12(15)3)16(4,5)6/h8-9H,7,10H2,1-6H3. The Morgan fingerprint density at radius 1 is 1.12 bits per heavy atom. The monoisotopic (exact) mass is 232 g/mol. The molecule has 0 unspecified atom stereocenters. The van der Waals surface area contributed by atoms with E-state index < -0.39 is 0 Å². The van der Waals surface area contributed by atoms with Crippen LogP contribution in [0.25, 0.3) is 0 Å². The Kier molecular flexibility index (Phi) is 4.13. The summed E-state index contributed by atoms with van der Waals surface area (Å²) in [6.07, 6.45) is 1.21. The molecule has 0 bridgehead atoms. The highest BCUT2D eigenvalue weighted by Crippen LogP contribution is 2.27. The van der Waals surface area contributed by atoms with Gasteiger partial charge in [-0.15, -0.1) is 0 Å². The Bertz CT molecular complexity index is 399. The third kappa shape index (κ3) is 3.42. The maximum atomic E-state index is 11.6. The van der Waals surface area contributed by atoms with Crippen molar-refractivity contribution >= 4 is 5.78 Å². The predicted molar refractivity (Wildman–Crippen MR) is 73.6 cm³/mol. The molecule has 0 heterocycles. The van der Waals surface area contributed by atoms with Gasteiger partial charge in [0.15, 0.2) is 0 Å². The summed E-state index contributed by atoms with van der Waals surface area (Å²) in [6, 6.07) is 4.45. The van der Waals surface area contributed by atoms with Crippen LogP contribution in [0.2, 0.25) is 0 Å². The van der Waals surface area contributed by atoms with Gasteiger partial charge in [-0.3, -0.25) is 4.79 Å². The van der Waals surface area contributed by atoms with Crippen LogP contribution in [0.15, 0.2) is 12.1 Å². The van der Waals surface area contributed by atoms with Gasteiger partial charge in [-0.1, -0.05) is 39.8 Å². The quantitative estimate of drug-likeness (QED) is 0.766. The first kappa shape index (κ1) is 14.0. The highest BCUT2D eigenvalue weighted by Gasteiger charge is 2.16. The van der Waals surface area contributed by atoms with E-state index in [4.69, 9.17) is 0 Å². The molecule has 1 aromatic carbocycles. The first-order chi connectivity index (χ1) is 7.75. The van der Waals surface area contributed by atoms with Gasteiger partial charge in [-0.2, -0.15) is 0 Å². The van der Waals surface area contributed by atoms with Gasteiger partial charge in [0, 0.05) is 12.8 Å². The SMILES string of the molecule is CCC(=O)Cc1c(C)cc(C(C)(C)C)cc1C. The van der Waals surface area contributed by atoms with Crippen molar-refractivity contribution in [3.8, 4) is 0 Å². The fourth-order valence-electron chi connectivity index (χ4n) is 2.03. The summed E-state index contributed by atoms with van der Waals surface area (Å²) in [7, 11) is 0. The first-order valence-electron chi connectivity index (χ1n) is 6.38. The molecule has 17 heavy (non-hydrogen) atoms. The second kappa shape index (κ2) is 5.03. The van der Waals surface area contributed by atoms with Crippen molar-refractivity contribution in [2.24, 2.45) is 0 Å². The number of ketones is 1. The fraction of sp³-hybridized carbons (Fsp3) is 0.562. The smallest absolute Gasteiger partial charge is 0.137 e. The van der Waals surface area contributed by atoms with Gasteiger partial charge in [0.1, 0.15) is 5.78 Å². The van der Waals surface area contributed by atoms with E-state index in [9.17, 15) is 4.79 Å². The molecule has 0 aromatic heterocycles. The highest BCUT2D eigenvalue weighted by atomic mass is 16.1. The van der Waals surface area contributed by atoms with Crippen LogP contribution < -0.4 is 0 Å². The summed E-state index contributed by atoms with van der Waals surface area (Å²) in [5, 5.41) is 0. The average molecular weight is 232 g/mol. The normalized spacial score (nSPS) is 11.6. The highest BCUT2D eigenvalue weighted by molar-refractivity contribution is 5.81. The van der Waals surface area contributed by atoms with Gasteiger partial charge >= 0.3 is 0 Å². The van der Waals surface area contributed by atoms with Crippen LogP contribution in [0.4, 0.5) is 0 Å². The second-order valence-electron chi connectivity index (χ2n) is 5.91. The van der Waals surface area contributed by atoms with E-state index in [-0.39, 0.29) is 5.41 Å². The van der Waals surface area contributed by atoms with Crippen LogP contribution in [0, 0.1) is 13.8 Å². The molecule has 0 spiro atoms. The number of Topliss-reactive ketones (excluding diaryl/α,β-unsaturated/α-hetero) is 1. The zero-order valence-corrected chi connectivity index (χ0v) is 12.0. The van der Waals surface area contributed by atoms with E-state index in [1.165, 1.54) is 22.3 Å². The first-order valence-corrected chi connectivity index (χ1v) is 6.38. The van der Waals surface area contributed by atoms with Crippen LogP contribution in [-0.4, -0.2) is 5.78 Å². The molecular formula is C16H24O. The summed E-state index contributed by atoms with van der Waals surface area (Å²) in [5.41, 5.74) is 5.22. The number of benzene rings is 1. The van der Waals surface area contributed by atoms with E-state index >= 15 is 0 Å². The third-order valence-corrected chi connectivity index (χ3v) is 3.33. The summed E-state index contributed by atoms with van der Waals surface area (Å²) in [5.74, 6) is 0.319. The van der Waals surface area contributed by atoms with E-state index in [2.05, 4.69) is 46.8 Å². The van der Waals surface area contributed by atoms with Crippen molar-refractivity contribution in [1.82, 2.24) is 0 Å². The molecule has 0 fully saturated rings. The lowest BCUT2D eigenvalue weighted by atomic mass is 9.83. The van der Waals surface area contributed by atoms with Crippen molar-refractivity contribution in [3.05, 3.63) is 34.4 Å². The van der Waals surface area contributed by atoms with Crippen LogP contribution >= 0.6 is 0 Å². The minimum absolute atomic E-state index is 0.169. The molecule has 0 amide bonds. The second-order valence-corrected chi connectivity index (χ2v) is 5.91. The lowest BCUT2D eigenvalue weighted by molar-refractivity contribution is -0.118. The topological polar surface area (TPSA) is 17.1 Å². The molecular weight excluding hydrogens is 208 g/mol. The summed E-state index contributed by atoms with van der Waals surface area (Å²) >= 11 is 0. The zero-order chi connectivity index (χ0) is 13.2. The average Bonchev–Trinajstić information content (AvgIpc) is 2.21.